The van der Waals surface area contributed by atoms with Crippen LogP contribution in [-0.4, -0.2) is 23.1 Å². The summed E-state index contributed by atoms with van der Waals surface area (Å²) in [6.45, 7) is 9.91. The molecule has 0 aliphatic heterocycles. The van der Waals surface area contributed by atoms with Gasteiger partial charge in [-0.1, -0.05) is 34.9 Å². The van der Waals surface area contributed by atoms with Gasteiger partial charge in [0.15, 0.2) is 0 Å². The van der Waals surface area contributed by atoms with Crippen molar-refractivity contribution in [1.82, 2.24) is 0 Å². The maximum Gasteiger partial charge on any atom is 0.479 e. The van der Waals surface area contributed by atoms with Crippen molar-refractivity contribution in [3.05, 3.63) is 46.3 Å². The summed E-state index contributed by atoms with van der Waals surface area (Å²) in [5.74, 6) is -0.697. The number of phosphoric acid groups is 1. The Kier molecular flexibility index (Phi) is 13.9. The minimum absolute atomic E-state index is 0.387. The standard InChI is InChI=1S/C21H37FO6P2/c1-17(2)10-7-11-18(3)12-8-13-19(4)14-9-15-20(5)21(22)16-27-30(25,26)28-29(6,23)24/h10,12,14H,7-9,11,13,15-16H2,1-6H3,(H,23,24)(H,25,26)/b18-12+,19-14+,21-20?. The Morgan fingerprint density at radius 1 is 0.867 bits per heavy atom. The topological polar surface area (TPSA) is 93.1 Å². The maximum atomic E-state index is 14.0. The quantitative estimate of drug-likeness (QED) is 0.205. The molecule has 0 aromatic rings. The highest BCUT2D eigenvalue weighted by molar-refractivity contribution is 7.63. The molecular weight excluding hydrogens is 429 g/mol. The van der Waals surface area contributed by atoms with Crippen molar-refractivity contribution in [2.45, 2.75) is 73.1 Å². The van der Waals surface area contributed by atoms with Crippen molar-refractivity contribution in [1.29, 1.82) is 0 Å². The predicted molar refractivity (Wildman–Crippen MR) is 121 cm³/mol. The minimum atomic E-state index is -4.79. The zero-order valence-electron chi connectivity index (χ0n) is 19.0. The van der Waals surface area contributed by atoms with Gasteiger partial charge in [0.2, 0.25) is 0 Å². The molecule has 0 amide bonds. The number of hydrogen-bond donors (Lipinski definition) is 2. The number of allylic oxidation sites excluding steroid dienone is 7. The molecule has 30 heavy (non-hydrogen) atoms. The molecule has 2 atom stereocenters. The average Bonchev–Trinajstić information content (AvgIpc) is 2.57. The summed E-state index contributed by atoms with van der Waals surface area (Å²) in [6.07, 6.45) is 11.7. The summed E-state index contributed by atoms with van der Waals surface area (Å²) >= 11 is 0. The molecule has 2 N–H and O–H groups in total. The van der Waals surface area contributed by atoms with Crippen molar-refractivity contribution < 1.29 is 32.1 Å². The molecule has 6 nitrogen and oxygen atoms in total. The van der Waals surface area contributed by atoms with Gasteiger partial charge in [0, 0.05) is 6.66 Å². The Balaban J connectivity index is 4.40. The van der Waals surface area contributed by atoms with E-state index in [0.29, 0.717) is 18.4 Å². The summed E-state index contributed by atoms with van der Waals surface area (Å²) in [5, 5.41) is 0. The third kappa shape index (κ3) is 16.9. The Morgan fingerprint density at radius 3 is 1.80 bits per heavy atom. The van der Waals surface area contributed by atoms with Gasteiger partial charge in [-0.2, -0.15) is 0 Å². The molecule has 0 fully saturated rings. The molecule has 0 aliphatic rings. The monoisotopic (exact) mass is 466 g/mol. The second-order valence-electron chi connectivity index (χ2n) is 7.81. The van der Waals surface area contributed by atoms with Crippen molar-refractivity contribution in [2.75, 3.05) is 13.3 Å². The number of halogens is 1. The SMILES string of the molecule is CC(C)=CCC/C(C)=C/CC/C(C)=C/CCC(C)=C(F)COP(=O)(O)OP(C)(=O)O. The zero-order chi connectivity index (χ0) is 23.4. The highest BCUT2D eigenvalue weighted by Gasteiger charge is 2.30. The first kappa shape index (κ1) is 29.2. The van der Waals surface area contributed by atoms with E-state index < -0.39 is 27.9 Å². The average molecular weight is 466 g/mol. The lowest BCUT2D eigenvalue weighted by Gasteiger charge is -2.13. The Labute approximate surface area is 180 Å². The van der Waals surface area contributed by atoms with E-state index in [1.165, 1.54) is 16.7 Å². The first-order chi connectivity index (χ1) is 13.7. The van der Waals surface area contributed by atoms with Crippen molar-refractivity contribution in [2.24, 2.45) is 0 Å². The van der Waals surface area contributed by atoms with Crippen LogP contribution in [0.1, 0.15) is 73.1 Å². The van der Waals surface area contributed by atoms with Gasteiger partial charge in [-0.05, 0) is 78.7 Å². The van der Waals surface area contributed by atoms with E-state index in [-0.39, 0.29) is 0 Å². The molecule has 0 heterocycles. The van der Waals surface area contributed by atoms with Crippen LogP contribution in [0.5, 0.6) is 0 Å². The highest BCUT2D eigenvalue weighted by atomic mass is 31.3. The van der Waals surface area contributed by atoms with Crippen LogP contribution in [0.25, 0.3) is 0 Å². The van der Waals surface area contributed by atoms with E-state index in [1.807, 2.05) is 6.92 Å². The van der Waals surface area contributed by atoms with Crippen LogP contribution in [0.3, 0.4) is 0 Å². The molecule has 0 saturated carbocycles. The van der Waals surface area contributed by atoms with Crippen molar-refractivity contribution in [3.63, 3.8) is 0 Å². The maximum absolute atomic E-state index is 14.0. The minimum Gasteiger partial charge on any atom is -0.324 e. The Hall–Kier alpha value is -0.810. The van der Waals surface area contributed by atoms with Crippen LogP contribution >= 0.6 is 15.4 Å². The summed E-state index contributed by atoms with van der Waals surface area (Å²) in [6, 6.07) is 0. The molecule has 9 heteroatoms. The fourth-order valence-corrected chi connectivity index (χ4v) is 4.48. The van der Waals surface area contributed by atoms with E-state index in [4.69, 9.17) is 4.89 Å². The lowest BCUT2D eigenvalue weighted by molar-refractivity contribution is 0.199. The van der Waals surface area contributed by atoms with Gasteiger partial charge in [0.25, 0.3) is 0 Å². The molecule has 2 unspecified atom stereocenters. The van der Waals surface area contributed by atoms with E-state index in [0.717, 1.165) is 32.3 Å². The summed E-state index contributed by atoms with van der Waals surface area (Å²) < 4.78 is 45.0. The van der Waals surface area contributed by atoms with Gasteiger partial charge in [-0.15, -0.1) is 0 Å². The molecule has 0 spiro atoms. The van der Waals surface area contributed by atoms with Gasteiger partial charge < -0.3 is 9.79 Å². The lowest BCUT2D eigenvalue weighted by atomic mass is 10.0. The number of phosphoric ester groups is 1. The van der Waals surface area contributed by atoms with Gasteiger partial charge in [0.05, 0.1) is 0 Å². The molecule has 0 aliphatic carbocycles. The molecule has 0 aromatic carbocycles. The molecule has 0 radical (unpaired) electrons. The van der Waals surface area contributed by atoms with Gasteiger partial charge >= 0.3 is 15.4 Å². The zero-order valence-corrected chi connectivity index (χ0v) is 20.8. The largest absolute Gasteiger partial charge is 0.479 e. The second-order valence-corrected chi connectivity index (χ2v) is 11.3. The van der Waals surface area contributed by atoms with Crippen LogP contribution < -0.4 is 0 Å². The first-order valence-electron chi connectivity index (χ1n) is 9.99. The van der Waals surface area contributed by atoms with Crippen molar-refractivity contribution in [3.8, 4) is 0 Å². The molecule has 0 bridgehead atoms. The van der Waals surface area contributed by atoms with E-state index >= 15 is 0 Å². The van der Waals surface area contributed by atoms with Gasteiger partial charge in [0.1, 0.15) is 12.4 Å². The summed E-state index contributed by atoms with van der Waals surface area (Å²) in [5.41, 5.74) is 4.33. The van der Waals surface area contributed by atoms with Crippen LogP contribution in [-0.2, 0) is 18.0 Å². The number of rotatable bonds is 14. The predicted octanol–water partition coefficient (Wildman–Crippen LogP) is 7.38. The van der Waals surface area contributed by atoms with Gasteiger partial charge in [-0.25, -0.2) is 13.3 Å². The van der Waals surface area contributed by atoms with E-state index in [9.17, 15) is 18.4 Å². The molecule has 0 aromatic heterocycles. The van der Waals surface area contributed by atoms with Crippen molar-refractivity contribution >= 4 is 15.4 Å². The van der Waals surface area contributed by atoms with E-state index in [1.54, 1.807) is 6.92 Å². The third-order valence-corrected chi connectivity index (χ3v) is 6.70. The third-order valence-electron chi connectivity index (χ3n) is 4.21. The normalized spacial score (nSPS) is 17.8. The first-order valence-corrected chi connectivity index (χ1v) is 13.5. The molecule has 0 rings (SSSR count). The van der Waals surface area contributed by atoms with Crippen LogP contribution in [0.4, 0.5) is 4.39 Å². The van der Waals surface area contributed by atoms with Crippen LogP contribution in [0.2, 0.25) is 0 Å². The Morgan fingerprint density at radius 2 is 1.33 bits per heavy atom. The highest BCUT2D eigenvalue weighted by Crippen LogP contribution is 2.57. The second kappa shape index (κ2) is 14.3. The molecule has 0 saturated heterocycles. The number of hydrogen-bond acceptors (Lipinski definition) is 4. The smallest absolute Gasteiger partial charge is 0.324 e. The Bertz CT molecular complexity index is 757. The summed E-state index contributed by atoms with van der Waals surface area (Å²) in [4.78, 5) is 18.2. The van der Waals surface area contributed by atoms with E-state index in [2.05, 4.69) is 47.8 Å². The molecule has 174 valence electrons. The van der Waals surface area contributed by atoms with Gasteiger partial charge in [-0.3, -0.25) is 9.09 Å². The van der Waals surface area contributed by atoms with Crippen LogP contribution in [0.15, 0.2) is 46.3 Å². The van der Waals surface area contributed by atoms with Crippen LogP contribution in [0, 0.1) is 0 Å². The fraction of sp³-hybridized carbons (Fsp3) is 0.619. The lowest BCUT2D eigenvalue weighted by Crippen LogP contribution is -1.98. The summed E-state index contributed by atoms with van der Waals surface area (Å²) in [7, 11) is -9.01. The molecular formula is C21H37FO6P2. The fourth-order valence-electron chi connectivity index (χ4n) is 2.49.